The molecule has 3 aromatic rings. The van der Waals surface area contributed by atoms with Crippen molar-refractivity contribution in [3.05, 3.63) is 40.5 Å². The molecule has 1 aliphatic carbocycles. The van der Waals surface area contributed by atoms with Crippen molar-refractivity contribution in [2.24, 2.45) is 0 Å². The minimum Gasteiger partial charge on any atom is -0.493 e. The van der Waals surface area contributed by atoms with Gasteiger partial charge in [0.05, 0.1) is 19.6 Å². The lowest BCUT2D eigenvalue weighted by Crippen LogP contribution is -2.07. The number of anilines is 1. The summed E-state index contributed by atoms with van der Waals surface area (Å²) < 4.78 is 10.7. The van der Waals surface area contributed by atoms with Gasteiger partial charge in [0.1, 0.15) is 17.0 Å². The van der Waals surface area contributed by atoms with Gasteiger partial charge in [-0.3, -0.25) is 0 Å². The highest BCUT2D eigenvalue weighted by Crippen LogP contribution is 2.39. The Morgan fingerprint density at radius 3 is 2.84 bits per heavy atom. The maximum Gasteiger partial charge on any atom is 0.160 e. The fraction of sp³-hybridized carbons (Fsp3) is 0.368. The number of nitrogens with one attached hydrogen (secondary N) is 1. The normalized spacial score (nSPS) is 13.0. The molecule has 2 heterocycles. The highest BCUT2D eigenvalue weighted by molar-refractivity contribution is 7.19. The lowest BCUT2D eigenvalue weighted by atomic mass is 10.1. The van der Waals surface area contributed by atoms with Crippen LogP contribution < -0.4 is 14.8 Å². The molecule has 1 N–H and O–H groups in total. The molecule has 0 radical (unpaired) electrons. The molecule has 2 aromatic heterocycles. The van der Waals surface area contributed by atoms with Gasteiger partial charge in [0.15, 0.2) is 11.5 Å². The molecule has 0 bridgehead atoms. The molecule has 4 rings (SSSR count). The number of hydrogen-bond donors (Lipinski definition) is 1. The maximum atomic E-state index is 5.37. The zero-order chi connectivity index (χ0) is 17.2. The highest BCUT2D eigenvalue weighted by atomic mass is 32.1. The van der Waals surface area contributed by atoms with Crippen molar-refractivity contribution in [3.63, 3.8) is 0 Å². The molecule has 6 heteroatoms. The van der Waals surface area contributed by atoms with Crippen LogP contribution in [0, 0.1) is 0 Å². The van der Waals surface area contributed by atoms with Gasteiger partial charge in [0.2, 0.25) is 0 Å². The summed E-state index contributed by atoms with van der Waals surface area (Å²) in [6, 6.07) is 6.04. The minimum atomic E-state index is 0.755. The van der Waals surface area contributed by atoms with Crippen LogP contribution in [0.4, 0.5) is 5.82 Å². The molecular formula is C19H21N3O2S. The van der Waals surface area contributed by atoms with Crippen LogP contribution >= 0.6 is 11.3 Å². The van der Waals surface area contributed by atoms with Gasteiger partial charge in [-0.2, -0.15) is 0 Å². The van der Waals surface area contributed by atoms with Crippen LogP contribution in [0.15, 0.2) is 24.5 Å². The van der Waals surface area contributed by atoms with Crippen molar-refractivity contribution in [1.82, 2.24) is 9.97 Å². The average Bonchev–Trinajstić information content (AvgIpc) is 3.22. The first kappa shape index (κ1) is 16.1. The summed E-state index contributed by atoms with van der Waals surface area (Å²) in [5, 5.41) is 4.73. The molecule has 5 nitrogen and oxygen atoms in total. The van der Waals surface area contributed by atoms with E-state index in [1.54, 1.807) is 20.5 Å². The molecular weight excluding hydrogens is 334 g/mol. The Balaban J connectivity index is 1.50. The van der Waals surface area contributed by atoms with E-state index in [-0.39, 0.29) is 0 Å². The van der Waals surface area contributed by atoms with Crippen molar-refractivity contribution < 1.29 is 9.47 Å². The second-order valence-corrected chi connectivity index (χ2v) is 7.21. The van der Waals surface area contributed by atoms with Crippen LogP contribution in [0.3, 0.4) is 0 Å². The summed E-state index contributed by atoms with van der Waals surface area (Å²) in [6.45, 7) is 0.812. The van der Waals surface area contributed by atoms with Crippen LogP contribution in [0.5, 0.6) is 11.5 Å². The quantitative estimate of drug-likeness (QED) is 0.728. The number of rotatable bonds is 6. The topological polar surface area (TPSA) is 56.3 Å². The van der Waals surface area contributed by atoms with Crippen LogP contribution in [-0.4, -0.2) is 30.7 Å². The van der Waals surface area contributed by atoms with Crippen molar-refractivity contribution in [2.75, 3.05) is 26.1 Å². The monoisotopic (exact) mass is 355 g/mol. The van der Waals surface area contributed by atoms with E-state index in [9.17, 15) is 0 Å². The molecule has 1 aliphatic rings. The third kappa shape index (κ3) is 3.02. The number of fused-ring (bicyclic) bond motifs is 3. The van der Waals surface area contributed by atoms with Crippen LogP contribution in [0.2, 0.25) is 0 Å². The molecule has 0 saturated carbocycles. The Kier molecular flexibility index (Phi) is 4.44. The molecule has 25 heavy (non-hydrogen) atoms. The van der Waals surface area contributed by atoms with Gasteiger partial charge in [-0.15, -0.1) is 11.3 Å². The number of thiophene rings is 1. The van der Waals surface area contributed by atoms with Crippen molar-refractivity contribution in [3.8, 4) is 11.5 Å². The second-order valence-electron chi connectivity index (χ2n) is 6.13. The molecule has 130 valence electrons. The Morgan fingerprint density at radius 1 is 1.12 bits per heavy atom. The Hall–Kier alpha value is -2.34. The molecule has 0 saturated heterocycles. The predicted octanol–water partition coefficient (Wildman–Crippen LogP) is 3.85. The number of ether oxygens (including phenoxy) is 2. The van der Waals surface area contributed by atoms with E-state index >= 15 is 0 Å². The predicted molar refractivity (Wildman–Crippen MR) is 101 cm³/mol. The Morgan fingerprint density at radius 2 is 2.00 bits per heavy atom. The first-order valence-electron chi connectivity index (χ1n) is 8.50. The number of methoxy groups -OCH3 is 2. The smallest absolute Gasteiger partial charge is 0.160 e. The average molecular weight is 355 g/mol. The van der Waals surface area contributed by atoms with E-state index in [1.165, 1.54) is 34.2 Å². The molecule has 1 aromatic carbocycles. The second kappa shape index (κ2) is 6.88. The zero-order valence-electron chi connectivity index (χ0n) is 14.5. The Bertz CT molecular complexity index is 907. The van der Waals surface area contributed by atoms with Crippen molar-refractivity contribution in [2.45, 2.75) is 25.7 Å². The molecule has 0 spiro atoms. The number of benzene rings is 1. The zero-order valence-corrected chi connectivity index (χ0v) is 15.3. The fourth-order valence-corrected chi connectivity index (χ4v) is 4.65. The summed E-state index contributed by atoms with van der Waals surface area (Å²) in [5.74, 6) is 2.48. The van der Waals surface area contributed by atoms with Gasteiger partial charge in [0.25, 0.3) is 0 Å². The third-order valence-electron chi connectivity index (χ3n) is 4.66. The van der Waals surface area contributed by atoms with Crippen LogP contribution in [0.25, 0.3) is 10.2 Å². The van der Waals surface area contributed by atoms with E-state index in [2.05, 4.69) is 21.4 Å². The van der Waals surface area contributed by atoms with Gasteiger partial charge >= 0.3 is 0 Å². The van der Waals surface area contributed by atoms with Crippen molar-refractivity contribution in [1.29, 1.82) is 0 Å². The highest BCUT2D eigenvalue weighted by Gasteiger charge is 2.20. The molecule has 0 unspecified atom stereocenters. The van der Waals surface area contributed by atoms with Gasteiger partial charge in [0, 0.05) is 11.4 Å². The van der Waals surface area contributed by atoms with Gasteiger partial charge in [-0.25, -0.2) is 9.97 Å². The summed E-state index contributed by atoms with van der Waals surface area (Å²) in [6.07, 6.45) is 6.12. The lowest BCUT2D eigenvalue weighted by Gasteiger charge is -2.11. The SMILES string of the molecule is COc1ccc(CCNc2ncnc3sc4c(c23)CCC4)cc1OC. The summed E-state index contributed by atoms with van der Waals surface area (Å²) in [4.78, 5) is 11.5. The number of aromatic nitrogens is 2. The summed E-state index contributed by atoms with van der Waals surface area (Å²) in [7, 11) is 3.31. The first-order chi connectivity index (χ1) is 12.3. The molecule has 0 fully saturated rings. The van der Waals surface area contributed by atoms with Gasteiger partial charge in [-0.05, 0) is 48.9 Å². The molecule has 0 amide bonds. The number of hydrogen-bond acceptors (Lipinski definition) is 6. The maximum absolute atomic E-state index is 5.37. The van der Waals surface area contributed by atoms with E-state index < -0.39 is 0 Å². The van der Waals surface area contributed by atoms with Gasteiger partial charge < -0.3 is 14.8 Å². The fourth-order valence-electron chi connectivity index (χ4n) is 3.42. The molecule has 0 aliphatic heterocycles. The largest absolute Gasteiger partial charge is 0.493 e. The molecule has 0 atom stereocenters. The van der Waals surface area contributed by atoms with Crippen LogP contribution in [0.1, 0.15) is 22.4 Å². The lowest BCUT2D eigenvalue weighted by molar-refractivity contribution is 0.354. The van der Waals surface area contributed by atoms with Gasteiger partial charge in [-0.1, -0.05) is 6.07 Å². The van der Waals surface area contributed by atoms with E-state index in [0.717, 1.165) is 41.5 Å². The first-order valence-corrected chi connectivity index (χ1v) is 9.32. The third-order valence-corrected chi connectivity index (χ3v) is 5.86. The Labute approximate surface area is 151 Å². The van der Waals surface area contributed by atoms with Crippen molar-refractivity contribution >= 4 is 27.4 Å². The summed E-state index contributed by atoms with van der Waals surface area (Å²) >= 11 is 1.82. The van der Waals surface area contributed by atoms with E-state index in [1.807, 2.05) is 23.5 Å². The van der Waals surface area contributed by atoms with Crippen LogP contribution in [-0.2, 0) is 19.3 Å². The minimum absolute atomic E-state index is 0.755. The number of nitrogens with zero attached hydrogens (tertiary/aromatic N) is 2. The van der Waals surface area contributed by atoms with E-state index in [0.29, 0.717) is 0 Å². The standard InChI is InChI=1S/C19H21N3O2S/c1-23-14-7-6-12(10-15(14)24-2)8-9-20-18-17-13-4-3-5-16(13)25-19(17)22-11-21-18/h6-7,10-11H,3-5,8-9H2,1-2H3,(H,20,21,22). The summed E-state index contributed by atoms with van der Waals surface area (Å²) in [5.41, 5.74) is 2.65. The van der Waals surface area contributed by atoms with E-state index in [4.69, 9.17) is 9.47 Å². The number of aryl methyl sites for hydroxylation is 2.